The van der Waals surface area contributed by atoms with Gasteiger partial charge in [-0.25, -0.2) is 9.78 Å². The van der Waals surface area contributed by atoms with Crippen LogP contribution in [0.5, 0.6) is 0 Å². The van der Waals surface area contributed by atoms with Crippen molar-refractivity contribution in [3.05, 3.63) is 52.2 Å². The number of nitrogens with zero attached hydrogens (tertiary/aromatic N) is 4. The first kappa shape index (κ1) is 20.3. The van der Waals surface area contributed by atoms with Gasteiger partial charge in [-0.1, -0.05) is 30.3 Å². The Morgan fingerprint density at radius 1 is 1.27 bits per heavy atom. The van der Waals surface area contributed by atoms with Gasteiger partial charge in [0.25, 0.3) is 0 Å². The van der Waals surface area contributed by atoms with E-state index in [2.05, 4.69) is 25.8 Å². The molecule has 0 spiro atoms. The zero-order valence-corrected chi connectivity index (χ0v) is 16.8. The Morgan fingerprint density at radius 3 is 2.73 bits per heavy atom. The van der Waals surface area contributed by atoms with Gasteiger partial charge < -0.3 is 15.2 Å². The van der Waals surface area contributed by atoms with Crippen molar-refractivity contribution in [3.63, 3.8) is 0 Å². The third-order valence-electron chi connectivity index (χ3n) is 4.84. The molecule has 7 nitrogen and oxygen atoms in total. The molecule has 0 bridgehead atoms. The van der Waals surface area contributed by atoms with E-state index in [1.54, 1.807) is 6.92 Å². The number of benzene rings is 1. The van der Waals surface area contributed by atoms with Crippen molar-refractivity contribution in [1.29, 1.82) is 0 Å². The van der Waals surface area contributed by atoms with Crippen molar-refractivity contribution in [2.75, 3.05) is 0 Å². The molecule has 0 radical (unpaired) electrons. The van der Waals surface area contributed by atoms with Crippen LogP contribution in [-0.2, 0) is 19.1 Å². The molecule has 3 aromatic rings. The van der Waals surface area contributed by atoms with Crippen LogP contribution in [0.2, 0.25) is 0 Å². The Morgan fingerprint density at radius 2 is 2.03 bits per heavy atom. The molecular formula is C19H19F3N6OS. The fourth-order valence-corrected chi connectivity index (χ4v) is 4.18. The molecule has 1 aliphatic heterocycles. The van der Waals surface area contributed by atoms with Gasteiger partial charge in [0.2, 0.25) is 0 Å². The van der Waals surface area contributed by atoms with Crippen LogP contribution in [0.1, 0.15) is 35.9 Å². The molecule has 0 aliphatic carbocycles. The van der Waals surface area contributed by atoms with Gasteiger partial charge in [0.05, 0.1) is 6.04 Å². The fourth-order valence-electron chi connectivity index (χ4n) is 3.35. The number of carbonyl (C=O) groups excluding carboxylic acids is 1. The summed E-state index contributed by atoms with van der Waals surface area (Å²) in [6.07, 6.45) is -3.13. The second kappa shape index (κ2) is 8.05. The molecule has 3 heterocycles. The molecule has 0 fully saturated rings. The third kappa shape index (κ3) is 4.30. The highest BCUT2D eigenvalue weighted by molar-refractivity contribution is 7.09. The number of hydrogen-bond donors (Lipinski definition) is 2. The zero-order chi connectivity index (χ0) is 21.3. The van der Waals surface area contributed by atoms with E-state index in [9.17, 15) is 18.0 Å². The molecule has 1 aliphatic rings. The van der Waals surface area contributed by atoms with Gasteiger partial charge in [0, 0.05) is 30.0 Å². The minimum absolute atomic E-state index is 0.148. The summed E-state index contributed by atoms with van der Waals surface area (Å²) >= 11 is 0.870. The quantitative estimate of drug-likeness (QED) is 0.652. The molecule has 11 heteroatoms. The summed E-state index contributed by atoms with van der Waals surface area (Å²) in [7, 11) is 0. The van der Waals surface area contributed by atoms with E-state index in [-0.39, 0.29) is 11.0 Å². The molecule has 4 rings (SSSR count). The first-order valence-electron chi connectivity index (χ1n) is 9.38. The van der Waals surface area contributed by atoms with Crippen LogP contribution in [0, 0.1) is 0 Å². The monoisotopic (exact) mass is 436 g/mol. The van der Waals surface area contributed by atoms with Gasteiger partial charge in [-0.15, -0.1) is 21.5 Å². The summed E-state index contributed by atoms with van der Waals surface area (Å²) in [4.78, 5) is 16.0. The Balaban J connectivity index is 1.38. The number of amides is 2. The van der Waals surface area contributed by atoms with Crippen molar-refractivity contribution in [3.8, 4) is 11.4 Å². The van der Waals surface area contributed by atoms with Crippen molar-refractivity contribution >= 4 is 17.4 Å². The topological polar surface area (TPSA) is 84.7 Å². The highest BCUT2D eigenvalue weighted by Crippen LogP contribution is 2.31. The van der Waals surface area contributed by atoms with Crippen LogP contribution >= 0.6 is 11.3 Å². The van der Waals surface area contributed by atoms with E-state index in [1.807, 2.05) is 34.9 Å². The molecule has 2 unspecified atom stereocenters. The van der Waals surface area contributed by atoms with Crippen molar-refractivity contribution in [2.45, 2.75) is 44.6 Å². The summed E-state index contributed by atoms with van der Waals surface area (Å²) < 4.78 is 40.1. The number of halogens is 3. The van der Waals surface area contributed by atoms with E-state index in [0.717, 1.165) is 33.9 Å². The predicted octanol–water partition coefficient (Wildman–Crippen LogP) is 3.80. The maximum Gasteiger partial charge on any atom is 0.434 e. The molecule has 2 aromatic heterocycles. The second-order valence-corrected chi connectivity index (χ2v) is 7.95. The summed E-state index contributed by atoms with van der Waals surface area (Å²) in [5, 5.41) is 15.2. The molecule has 0 saturated heterocycles. The van der Waals surface area contributed by atoms with Crippen molar-refractivity contribution in [1.82, 2.24) is 30.4 Å². The van der Waals surface area contributed by atoms with Crippen LogP contribution in [0.15, 0.2) is 35.7 Å². The second-order valence-electron chi connectivity index (χ2n) is 7.06. The lowest BCUT2D eigenvalue weighted by Crippen LogP contribution is -2.46. The Hall–Kier alpha value is -2.95. The molecule has 2 amide bonds. The summed E-state index contributed by atoms with van der Waals surface area (Å²) in [5.74, 6) is 1.61. The Kier molecular flexibility index (Phi) is 5.46. The number of aryl methyl sites for hydroxylation is 1. The molecule has 1 aromatic carbocycles. The van der Waals surface area contributed by atoms with Crippen molar-refractivity contribution in [2.24, 2.45) is 0 Å². The average molecular weight is 436 g/mol. The highest BCUT2D eigenvalue weighted by Gasteiger charge is 2.34. The fraction of sp³-hybridized carbons (Fsp3) is 0.368. The number of carbonyl (C=O) groups is 1. The number of urea groups is 1. The number of fused-ring (bicyclic) bond motifs is 1. The van der Waals surface area contributed by atoms with E-state index >= 15 is 0 Å². The highest BCUT2D eigenvalue weighted by atomic mass is 32.1. The lowest BCUT2D eigenvalue weighted by atomic mass is 10.1. The predicted molar refractivity (Wildman–Crippen MR) is 105 cm³/mol. The van der Waals surface area contributed by atoms with E-state index in [0.29, 0.717) is 19.4 Å². The minimum Gasteiger partial charge on any atom is -0.334 e. The van der Waals surface area contributed by atoms with Crippen LogP contribution in [0.4, 0.5) is 18.0 Å². The van der Waals surface area contributed by atoms with E-state index in [1.165, 1.54) is 0 Å². The molecule has 2 atom stereocenters. The lowest BCUT2D eigenvalue weighted by Gasteiger charge is -2.26. The lowest BCUT2D eigenvalue weighted by molar-refractivity contribution is -0.140. The van der Waals surface area contributed by atoms with Crippen molar-refractivity contribution < 1.29 is 18.0 Å². The number of alkyl halides is 3. The number of hydrogen-bond acceptors (Lipinski definition) is 5. The summed E-state index contributed by atoms with van der Waals surface area (Å²) in [5.41, 5.74) is -0.00312. The SMILES string of the molecule is CC(NC(=O)NC1CCc2nnc(-c3ccccc3)n2C1)c1nc(C(F)(F)F)cs1. The minimum atomic E-state index is -4.49. The molecular weight excluding hydrogens is 417 g/mol. The van der Waals surface area contributed by atoms with Gasteiger partial charge >= 0.3 is 12.2 Å². The maximum atomic E-state index is 12.7. The first-order chi connectivity index (χ1) is 14.3. The number of aromatic nitrogens is 4. The summed E-state index contributed by atoms with van der Waals surface area (Å²) in [6.45, 7) is 2.12. The largest absolute Gasteiger partial charge is 0.434 e. The number of thiazole rings is 1. The Bertz CT molecular complexity index is 1030. The van der Waals surface area contributed by atoms with Gasteiger partial charge in [0.1, 0.15) is 10.8 Å². The molecule has 30 heavy (non-hydrogen) atoms. The first-order valence-corrected chi connectivity index (χ1v) is 10.3. The third-order valence-corrected chi connectivity index (χ3v) is 5.87. The Labute approximate surface area is 174 Å². The number of rotatable bonds is 4. The van der Waals surface area contributed by atoms with Crippen LogP contribution in [0.25, 0.3) is 11.4 Å². The summed E-state index contributed by atoms with van der Waals surface area (Å²) in [6, 6.07) is 8.44. The van der Waals surface area contributed by atoms with Gasteiger partial charge in [-0.05, 0) is 13.3 Å². The zero-order valence-electron chi connectivity index (χ0n) is 16.0. The molecule has 0 saturated carbocycles. The number of nitrogens with one attached hydrogen (secondary N) is 2. The van der Waals surface area contributed by atoms with E-state index in [4.69, 9.17) is 0 Å². The maximum absolute atomic E-state index is 12.7. The molecule has 158 valence electrons. The van der Waals surface area contributed by atoms with E-state index < -0.39 is 23.9 Å². The van der Waals surface area contributed by atoms with Gasteiger partial charge in [-0.2, -0.15) is 13.2 Å². The van der Waals surface area contributed by atoms with Gasteiger partial charge in [-0.3, -0.25) is 0 Å². The normalized spacial score (nSPS) is 17.3. The van der Waals surface area contributed by atoms with Crippen LogP contribution in [0.3, 0.4) is 0 Å². The van der Waals surface area contributed by atoms with Crippen LogP contribution in [-0.4, -0.2) is 31.8 Å². The smallest absolute Gasteiger partial charge is 0.334 e. The average Bonchev–Trinajstić information content (AvgIpc) is 3.36. The molecule has 2 N–H and O–H groups in total. The van der Waals surface area contributed by atoms with Crippen LogP contribution < -0.4 is 10.6 Å². The van der Waals surface area contributed by atoms with Gasteiger partial charge in [0.15, 0.2) is 11.5 Å². The standard InChI is InChI=1S/C19H19F3N6OS/c1-11(17-25-14(10-30-17)19(20,21)22)23-18(29)24-13-7-8-15-26-27-16(28(15)9-13)12-5-3-2-4-6-12/h2-6,10-11,13H,7-9H2,1H3,(H2,23,24,29).